The second-order valence-electron chi connectivity index (χ2n) is 10.5. The molecule has 33 heavy (non-hydrogen) atoms. The predicted octanol–water partition coefficient (Wildman–Crippen LogP) is 5.11. The number of nitrogens with one attached hydrogen (secondary N) is 1. The number of ether oxygens (including phenoxy) is 1. The van der Waals surface area contributed by atoms with Crippen LogP contribution in [0.15, 0.2) is 34.4 Å². The molecule has 6 nitrogen and oxygen atoms in total. The van der Waals surface area contributed by atoms with Crippen molar-refractivity contribution in [3.8, 4) is 5.75 Å². The average Bonchev–Trinajstić information content (AvgIpc) is 3.13. The number of thiazole rings is 1. The summed E-state index contributed by atoms with van der Waals surface area (Å²) in [5.41, 5.74) is 2.93. The van der Waals surface area contributed by atoms with Crippen molar-refractivity contribution < 1.29 is 9.53 Å². The van der Waals surface area contributed by atoms with Crippen LogP contribution in [0.25, 0.3) is 4.96 Å². The van der Waals surface area contributed by atoms with E-state index in [2.05, 4.69) is 10.3 Å². The van der Waals surface area contributed by atoms with E-state index in [0.717, 1.165) is 48.3 Å². The van der Waals surface area contributed by atoms with Gasteiger partial charge in [-0.05, 0) is 87.8 Å². The molecule has 2 heterocycles. The lowest BCUT2D eigenvalue weighted by atomic mass is 9.49. The summed E-state index contributed by atoms with van der Waals surface area (Å²) < 4.78 is 7.70. The van der Waals surface area contributed by atoms with E-state index >= 15 is 0 Å². The third-order valence-electron chi connectivity index (χ3n) is 7.91. The number of fused-ring (bicyclic) bond motifs is 1. The average molecular weight is 464 g/mol. The first-order chi connectivity index (χ1) is 15.9. The molecule has 0 radical (unpaired) electrons. The zero-order valence-electron chi connectivity index (χ0n) is 19.1. The van der Waals surface area contributed by atoms with Crippen LogP contribution in [0.4, 0.5) is 5.69 Å². The summed E-state index contributed by atoms with van der Waals surface area (Å²) in [4.78, 5) is 31.3. The normalized spacial score (nSPS) is 27.8. The Kier molecular flexibility index (Phi) is 4.87. The highest BCUT2D eigenvalue weighted by atomic mass is 32.1. The first-order valence-corrected chi connectivity index (χ1v) is 12.8. The van der Waals surface area contributed by atoms with Crippen molar-refractivity contribution in [1.29, 1.82) is 0 Å². The van der Waals surface area contributed by atoms with E-state index in [-0.39, 0.29) is 23.5 Å². The van der Waals surface area contributed by atoms with Crippen LogP contribution >= 0.6 is 11.3 Å². The Labute approximate surface area is 197 Å². The molecule has 0 atom stereocenters. The highest BCUT2D eigenvalue weighted by molar-refractivity contribution is 7.15. The van der Waals surface area contributed by atoms with Crippen molar-refractivity contribution in [2.24, 2.45) is 23.2 Å². The Morgan fingerprint density at radius 2 is 1.85 bits per heavy atom. The van der Waals surface area contributed by atoms with Crippen molar-refractivity contribution in [1.82, 2.24) is 9.38 Å². The number of anilines is 1. The molecule has 0 saturated heterocycles. The summed E-state index contributed by atoms with van der Waals surface area (Å²) in [7, 11) is 0. The van der Waals surface area contributed by atoms with E-state index in [0.29, 0.717) is 22.1 Å². The molecule has 0 unspecified atom stereocenters. The number of carbonyl (C=O) groups is 1. The van der Waals surface area contributed by atoms with E-state index in [1.165, 1.54) is 36.7 Å². The Bertz CT molecular complexity index is 1270. The van der Waals surface area contributed by atoms with Crippen molar-refractivity contribution in [3.63, 3.8) is 0 Å². The number of carbonyl (C=O) groups excluding carboxylic acids is 1. The lowest BCUT2D eigenvalue weighted by Crippen LogP contribution is -2.51. The van der Waals surface area contributed by atoms with Gasteiger partial charge in [0.1, 0.15) is 12.4 Å². The molecule has 7 heteroatoms. The summed E-state index contributed by atoms with van der Waals surface area (Å²) in [5, 5.41) is 5.16. The van der Waals surface area contributed by atoms with Crippen LogP contribution in [0.1, 0.15) is 55.5 Å². The van der Waals surface area contributed by atoms with Crippen molar-refractivity contribution >= 4 is 27.9 Å². The van der Waals surface area contributed by atoms with Gasteiger partial charge in [-0.3, -0.25) is 14.0 Å². The Hall–Kier alpha value is -2.67. The number of hydrogen-bond acceptors (Lipinski definition) is 5. The molecule has 1 aromatic carbocycles. The van der Waals surface area contributed by atoms with Crippen LogP contribution in [0.2, 0.25) is 0 Å². The van der Waals surface area contributed by atoms with E-state index in [9.17, 15) is 9.59 Å². The number of rotatable bonds is 5. The number of amides is 1. The molecule has 1 N–H and O–H groups in total. The minimum Gasteiger partial charge on any atom is -0.485 e. The van der Waals surface area contributed by atoms with Gasteiger partial charge in [0.25, 0.3) is 5.56 Å². The van der Waals surface area contributed by atoms with Gasteiger partial charge in [-0.25, -0.2) is 4.98 Å². The Morgan fingerprint density at radius 1 is 1.15 bits per heavy atom. The molecule has 1 amide bonds. The minimum atomic E-state index is -0.214. The third-order valence-corrected chi connectivity index (χ3v) is 8.85. The van der Waals surface area contributed by atoms with Gasteiger partial charge in [-0.1, -0.05) is 6.07 Å². The van der Waals surface area contributed by atoms with Crippen molar-refractivity contribution in [2.45, 2.75) is 59.0 Å². The fourth-order valence-electron chi connectivity index (χ4n) is 6.84. The summed E-state index contributed by atoms with van der Waals surface area (Å²) in [6.45, 7) is 4.08. The number of benzene rings is 1. The quantitative estimate of drug-likeness (QED) is 0.571. The summed E-state index contributed by atoms with van der Waals surface area (Å²) >= 11 is 1.44. The van der Waals surface area contributed by atoms with E-state index in [1.54, 1.807) is 4.40 Å². The molecule has 4 aliphatic rings. The van der Waals surface area contributed by atoms with Crippen LogP contribution in [0.5, 0.6) is 5.75 Å². The number of aryl methyl sites for hydroxylation is 2. The maximum Gasteiger partial charge on any atom is 0.259 e. The minimum absolute atomic E-state index is 0.100. The lowest BCUT2D eigenvalue weighted by molar-refractivity contribution is -0.140. The highest BCUT2D eigenvalue weighted by Gasteiger charge is 2.54. The molecule has 4 bridgehead atoms. The topological polar surface area (TPSA) is 72.7 Å². The number of nitrogens with zero attached hydrogens (tertiary/aromatic N) is 2. The largest absolute Gasteiger partial charge is 0.485 e. The molecule has 0 aliphatic heterocycles. The van der Waals surface area contributed by atoms with Gasteiger partial charge in [0.15, 0.2) is 4.96 Å². The smallest absolute Gasteiger partial charge is 0.259 e. The molecule has 7 rings (SSSR count). The molecule has 4 saturated carbocycles. The van der Waals surface area contributed by atoms with Gasteiger partial charge in [-0.15, -0.1) is 11.3 Å². The molecular weight excluding hydrogens is 434 g/mol. The first-order valence-electron chi connectivity index (χ1n) is 11.9. The van der Waals surface area contributed by atoms with Gasteiger partial charge in [0.05, 0.1) is 16.8 Å². The molecule has 0 spiro atoms. The molecule has 4 fully saturated rings. The fraction of sp³-hybridized carbons (Fsp3) is 0.500. The lowest BCUT2D eigenvalue weighted by Gasteiger charge is -2.55. The molecule has 2 aromatic heterocycles. The van der Waals surface area contributed by atoms with Crippen molar-refractivity contribution in [2.75, 3.05) is 5.32 Å². The molecule has 3 aromatic rings. The third kappa shape index (κ3) is 3.66. The monoisotopic (exact) mass is 463 g/mol. The van der Waals surface area contributed by atoms with Crippen LogP contribution in [0, 0.1) is 37.0 Å². The number of hydrogen-bond donors (Lipinski definition) is 1. The molecule has 4 aliphatic carbocycles. The van der Waals surface area contributed by atoms with Gasteiger partial charge in [0.2, 0.25) is 5.91 Å². The zero-order chi connectivity index (χ0) is 22.7. The zero-order valence-corrected chi connectivity index (χ0v) is 19.9. The van der Waals surface area contributed by atoms with Gasteiger partial charge in [0, 0.05) is 17.1 Å². The summed E-state index contributed by atoms with van der Waals surface area (Å²) in [6.07, 6.45) is 7.02. The molecular formula is C26H29N3O3S. The summed E-state index contributed by atoms with van der Waals surface area (Å²) in [5.74, 6) is 2.93. The second-order valence-corrected chi connectivity index (χ2v) is 11.4. The summed E-state index contributed by atoms with van der Waals surface area (Å²) in [6, 6.07) is 7.37. The first kappa shape index (κ1) is 20.9. The van der Waals surface area contributed by atoms with E-state index in [4.69, 9.17) is 4.74 Å². The van der Waals surface area contributed by atoms with Crippen LogP contribution in [-0.2, 0) is 11.4 Å². The van der Waals surface area contributed by atoms with E-state index < -0.39 is 0 Å². The maximum absolute atomic E-state index is 13.6. The fourth-order valence-corrected chi connectivity index (χ4v) is 7.73. The number of aromatic nitrogens is 2. The maximum atomic E-state index is 13.6. The van der Waals surface area contributed by atoms with Crippen LogP contribution < -0.4 is 15.6 Å². The van der Waals surface area contributed by atoms with Crippen LogP contribution in [-0.4, -0.2) is 15.3 Å². The van der Waals surface area contributed by atoms with Gasteiger partial charge in [-0.2, -0.15) is 0 Å². The van der Waals surface area contributed by atoms with Gasteiger partial charge >= 0.3 is 0 Å². The SMILES string of the molecule is Cc1ccc(OCc2cc(=O)n3c(C)csc3n2)c(NC(=O)C23CC4CC(CC(C4)C2)C3)c1. The van der Waals surface area contributed by atoms with Crippen LogP contribution in [0.3, 0.4) is 0 Å². The second kappa shape index (κ2) is 7.69. The van der Waals surface area contributed by atoms with Gasteiger partial charge < -0.3 is 10.1 Å². The Balaban J connectivity index is 1.23. The Morgan fingerprint density at radius 3 is 2.55 bits per heavy atom. The predicted molar refractivity (Wildman–Crippen MR) is 129 cm³/mol. The highest BCUT2D eigenvalue weighted by Crippen LogP contribution is 2.60. The van der Waals surface area contributed by atoms with E-state index in [1.807, 2.05) is 37.4 Å². The van der Waals surface area contributed by atoms with Crippen molar-refractivity contribution in [3.05, 3.63) is 57.0 Å². The molecule has 172 valence electrons. The standard InChI is InChI=1S/C26H29N3O3S/c1-15-3-4-22(32-13-20-9-23(30)29-16(2)14-33-25(29)27-20)21(5-15)28-24(31)26-10-17-6-18(11-26)8-19(7-17)12-26/h3-5,9,14,17-19H,6-8,10-13H2,1-2H3,(H,28,31).